The number of nitrogens with zero attached hydrogens (tertiary/aromatic N) is 1. The third-order valence-corrected chi connectivity index (χ3v) is 3.79. The van der Waals surface area contributed by atoms with Crippen molar-refractivity contribution in [1.29, 1.82) is 0 Å². The lowest BCUT2D eigenvalue weighted by atomic mass is 9.96. The van der Waals surface area contributed by atoms with Crippen molar-refractivity contribution >= 4 is 5.97 Å². The zero-order valence-corrected chi connectivity index (χ0v) is 12.7. The predicted molar refractivity (Wildman–Crippen MR) is 87.8 cm³/mol. The molecule has 3 rings (SSSR count). The second-order valence-corrected chi connectivity index (χ2v) is 5.39. The largest absolute Gasteiger partial charge is 0.478 e. The molecule has 0 spiro atoms. The molecule has 1 heterocycles. The smallest absolute Gasteiger partial charge is 0.352 e. The molecule has 116 valence electrons. The Morgan fingerprint density at radius 1 is 0.957 bits per heavy atom. The summed E-state index contributed by atoms with van der Waals surface area (Å²) in [6.07, 6.45) is 3.89. The topological polar surface area (TPSA) is 51.5 Å². The molecule has 4 heteroatoms. The van der Waals surface area contributed by atoms with Gasteiger partial charge in [0.25, 0.3) is 0 Å². The summed E-state index contributed by atoms with van der Waals surface area (Å²) in [5, 5.41) is 9.62. The van der Waals surface area contributed by atoms with E-state index in [0.29, 0.717) is 11.3 Å². The number of hydrogen-bond donors (Lipinski definition) is 1. The third-order valence-electron chi connectivity index (χ3n) is 3.79. The molecule has 3 aromatic rings. The number of carboxylic acid groups (broad SMARTS) is 1. The lowest BCUT2D eigenvalue weighted by Crippen LogP contribution is -2.38. The number of hydrogen-bond acceptors (Lipinski definition) is 2. The van der Waals surface area contributed by atoms with Gasteiger partial charge in [-0.1, -0.05) is 30.3 Å². The normalized spacial score (nSPS) is 13.3. The molecule has 0 aliphatic carbocycles. The van der Waals surface area contributed by atoms with Gasteiger partial charge >= 0.3 is 5.97 Å². The summed E-state index contributed by atoms with van der Waals surface area (Å²) in [5.41, 5.74) is 0.150. The van der Waals surface area contributed by atoms with Gasteiger partial charge in [-0.3, -0.25) is 0 Å². The van der Waals surface area contributed by atoms with Gasteiger partial charge in [-0.25, -0.2) is 4.79 Å². The molecule has 0 aliphatic rings. The lowest BCUT2D eigenvalue weighted by Gasteiger charge is -2.27. The van der Waals surface area contributed by atoms with Crippen molar-refractivity contribution in [3.8, 4) is 11.4 Å². The average molecular weight is 307 g/mol. The molecule has 0 aliphatic heterocycles. The SMILES string of the molecule is CC(Oc1ccc(-n2cccc2)cc1)(C(=O)O)c1ccccc1. The van der Waals surface area contributed by atoms with Gasteiger partial charge in [-0.15, -0.1) is 0 Å². The number of carbonyl (C=O) groups is 1. The van der Waals surface area contributed by atoms with Crippen molar-refractivity contribution in [2.75, 3.05) is 0 Å². The van der Waals surface area contributed by atoms with E-state index in [4.69, 9.17) is 4.74 Å². The lowest BCUT2D eigenvalue weighted by molar-refractivity contribution is -0.154. The Bertz CT molecular complexity index is 779. The molecule has 1 N–H and O–H groups in total. The van der Waals surface area contributed by atoms with Gasteiger partial charge in [0, 0.05) is 23.6 Å². The monoisotopic (exact) mass is 307 g/mol. The Morgan fingerprint density at radius 2 is 1.57 bits per heavy atom. The maximum atomic E-state index is 11.8. The van der Waals surface area contributed by atoms with Crippen molar-refractivity contribution in [3.05, 3.63) is 84.7 Å². The van der Waals surface area contributed by atoms with E-state index in [9.17, 15) is 9.90 Å². The van der Waals surface area contributed by atoms with Gasteiger partial charge in [-0.2, -0.15) is 0 Å². The minimum atomic E-state index is -1.43. The first-order valence-electron chi connectivity index (χ1n) is 7.31. The molecule has 0 bridgehead atoms. The number of carboxylic acids is 1. The molecule has 0 fully saturated rings. The molecule has 1 unspecified atom stereocenters. The molecule has 0 saturated carbocycles. The predicted octanol–water partition coefficient (Wildman–Crippen LogP) is 3.86. The molecular weight excluding hydrogens is 290 g/mol. The van der Waals surface area contributed by atoms with E-state index >= 15 is 0 Å². The molecule has 2 aromatic carbocycles. The first kappa shape index (κ1) is 14.9. The number of aliphatic carboxylic acids is 1. The summed E-state index contributed by atoms with van der Waals surface area (Å²) in [4.78, 5) is 11.8. The molecule has 4 nitrogen and oxygen atoms in total. The second-order valence-electron chi connectivity index (χ2n) is 5.39. The maximum absolute atomic E-state index is 11.8. The van der Waals surface area contributed by atoms with Crippen molar-refractivity contribution in [2.24, 2.45) is 0 Å². The van der Waals surface area contributed by atoms with Crippen molar-refractivity contribution < 1.29 is 14.6 Å². The first-order chi connectivity index (χ1) is 11.1. The quantitative estimate of drug-likeness (QED) is 0.779. The average Bonchev–Trinajstić information content (AvgIpc) is 3.10. The highest BCUT2D eigenvalue weighted by molar-refractivity contribution is 5.79. The fourth-order valence-electron chi connectivity index (χ4n) is 2.41. The number of aromatic nitrogens is 1. The van der Waals surface area contributed by atoms with E-state index < -0.39 is 11.6 Å². The molecule has 0 saturated heterocycles. The highest BCUT2D eigenvalue weighted by atomic mass is 16.5. The zero-order valence-electron chi connectivity index (χ0n) is 12.7. The highest BCUT2D eigenvalue weighted by Crippen LogP contribution is 2.29. The molecule has 0 amide bonds. The molecule has 23 heavy (non-hydrogen) atoms. The Morgan fingerprint density at radius 3 is 2.13 bits per heavy atom. The minimum absolute atomic E-state index is 0.509. The van der Waals surface area contributed by atoms with E-state index in [1.165, 1.54) is 0 Å². The zero-order chi connectivity index (χ0) is 16.3. The van der Waals surface area contributed by atoms with Gasteiger partial charge in [0.15, 0.2) is 0 Å². The van der Waals surface area contributed by atoms with Crippen LogP contribution in [0.25, 0.3) is 5.69 Å². The number of rotatable bonds is 5. The van der Waals surface area contributed by atoms with E-state index in [1.807, 2.05) is 47.3 Å². The van der Waals surface area contributed by atoms with Gasteiger partial charge in [0.05, 0.1) is 0 Å². The van der Waals surface area contributed by atoms with Crippen molar-refractivity contribution in [1.82, 2.24) is 4.57 Å². The van der Waals surface area contributed by atoms with Crippen LogP contribution in [0.3, 0.4) is 0 Å². The van der Waals surface area contributed by atoms with Crippen LogP contribution >= 0.6 is 0 Å². The van der Waals surface area contributed by atoms with Crippen LogP contribution in [-0.2, 0) is 10.4 Å². The summed E-state index contributed by atoms with van der Waals surface area (Å²) in [7, 11) is 0. The number of ether oxygens (including phenoxy) is 1. The highest BCUT2D eigenvalue weighted by Gasteiger charge is 2.37. The van der Waals surface area contributed by atoms with E-state index in [2.05, 4.69) is 0 Å². The fraction of sp³-hybridized carbons (Fsp3) is 0.105. The van der Waals surface area contributed by atoms with Gasteiger partial charge in [0.1, 0.15) is 5.75 Å². The molecule has 0 radical (unpaired) electrons. The van der Waals surface area contributed by atoms with Crippen LogP contribution in [0.4, 0.5) is 0 Å². The Kier molecular flexibility index (Phi) is 3.89. The standard InChI is InChI=1S/C19H17NO3/c1-19(18(21)22,15-7-3-2-4-8-15)23-17-11-9-16(10-12-17)20-13-5-6-14-20/h2-14H,1H3,(H,21,22). The number of benzene rings is 2. The van der Waals surface area contributed by atoms with E-state index in [1.54, 1.807) is 43.3 Å². The summed E-state index contributed by atoms with van der Waals surface area (Å²) >= 11 is 0. The Hall–Kier alpha value is -3.01. The van der Waals surface area contributed by atoms with Crippen LogP contribution in [0.5, 0.6) is 5.75 Å². The van der Waals surface area contributed by atoms with Gasteiger partial charge in [0.2, 0.25) is 5.60 Å². The summed E-state index contributed by atoms with van der Waals surface area (Å²) < 4.78 is 7.78. The molecular formula is C19H17NO3. The van der Waals surface area contributed by atoms with Gasteiger partial charge < -0.3 is 14.4 Å². The third kappa shape index (κ3) is 2.97. The van der Waals surface area contributed by atoms with Crippen LogP contribution in [-0.4, -0.2) is 15.6 Å². The van der Waals surface area contributed by atoms with Crippen LogP contribution in [0.2, 0.25) is 0 Å². The summed E-state index contributed by atoms with van der Waals surface area (Å²) in [6.45, 7) is 1.56. The summed E-state index contributed by atoms with van der Waals surface area (Å²) in [5.74, 6) is -0.521. The van der Waals surface area contributed by atoms with E-state index in [-0.39, 0.29) is 0 Å². The molecule has 1 atom stereocenters. The maximum Gasteiger partial charge on any atom is 0.352 e. The van der Waals surface area contributed by atoms with Gasteiger partial charge in [-0.05, 0) is 43.3 Å². The van der Waals surface area contributed by atoms with Crippen LogP contribution in [0.1, 0.15) is 12.5 Å². The first-order valence-corrected chi connectivity index (χ1v) is 7.31. The fourth-order valence-corrected chi connectivity index (χ4v) is 2.41. The van der Waals surface area contributed by atoms with Crippen LogP contribution < -0.4 is 4.74 Å². The summed E-state index contributed by atoms with van der Waals surface area (Å²) in [6, 6.07) is 20.2. The van der Waals surface area contributed by atoms with E-state index in [0.717, 1.165) is 5.69 Å². The van der Waals surface area contributed by atoms with Crippen LogP contribution in [0, 0.1) is 0 Å². The molecule has 1 aromatic heterocycles. The second kappa shape index (κ2) is 6.01. The van der Waals surface area contributed by atoms with Crippen molar-refractivity contribution in [3.63, 3.8) is 0 Å². The Labute approximate surface area is 134 Å². The minimum Gasteiger partial charge on any atom is -0.478 e. The van der Waals surface area contributed by atoms with Crippen molar-refractivity contribution in [2.45, 2.75) is 12.5 Å². The Balaban J connectivity index is 1.88. The van der Waals surface area contributed by atoms with Crippen LogP contribution in [0.15, 0.2) is 79.1 Å².